The number of halogens is 3. The van der Waals surface area contributed by atoms with E-state index in [1.807, 2.05) is 128 Å². The number of aryl methyl sites for hydroxylation is 6. The van der Waals surface area contributed by atoms with Crippen molar-refractivity contribution < 1.29 is 93.9 Å². The van der Waals surface area contributed by atoms with E-state index in [0.717, 1.165) is 83.0 Å². The summed E-state index contributed by atoms with van der Waals surface area (Å²) in [4.78, 5) is 108. The van der Waals surface area contributed by atoms with Crippen LogP contribution in [0.2, 0.25) is 15.2 Å². The Hall–Kier alpha value is -13.8. The molecule has 6 N–H and O–H groups in total. The number of morpholine rings is 2. The topological polar surface area (TPSA) is 384 Å². The first-order chi connectivity index (χ1) is 70.2. The zero-order chi connectivity index (χ0) is 106. The van der Waals surface area contributed by atoms with Gasteiger partial charge < -0.3 is 71.8 Å². The molecule has 3 amide bonds. The Labute approximate surface area is 876 Å². The van der Waals surface area contributed by atoms with Gasteiger partial charge in [-0.3, -0.25) is 24.8 Å². The number of hydrogen-bond donors (Lipinski definition) is 6. The average Bonchev–Trinajstić information content (AvgIpc) is 1.59. The Kier molecular flexibility index (Phi) is 35.4. The minimum absolute atomic E-state index is 0. The summed E-state index contributed by atoms with van der Waals surface area (Å²) in [6.45, 7) is 61.0. The minimum Gasteiger partial charge on any atom is -0.504 e. The number of amides is 3. The molecule has 0 bridgehead atoms. The second-order valence-corrected chi connectivity index (χ2v) is 41.1. The van der Waals surface area contributed by atoms with Gasteiger partial charge in [0.1, 0.15) is 63.2 Å². The summed E-state index contributed by atoms with van der Waals surface area (Å²) >= 11 is 16.9. The Bertz CT molecular complexity index is 7040. The predicted octanol–water partition coefficient (Wildman–Crippen LogP) is 24.4. The third-order valence-corrected chi connectivity index (χ3v) is 29.2. The average molecular weight is 2100 g/mol. The van der Waals surface area contributed by atoms with Crippen LogP contribution in [0.5, 0.6) is 40.5 Å². The summed E-state index contributed by atoms with van der Waals surface area (Å²) in [7, 11) is 3.08. The molecule has 8 atom stereocenters. The Balaban J connectivity index is 0.000000194. The van der Waals surface area contributed by atoms with E-state index >= 15 is 0 Å². The first-order valence-corrected chi connectivity index (χ1v) is 51.5. The molecule has 5 fully saturated rings. The molecular formula is C108H131Cl3N16O19S. The van der Waals surface area contributed by atoms with E-state index in [9.17, 15) is 38.1 Å². The van der Waals surface area contributed by atoms with Gasteiger partial charge in [-0.05, 0) is 223 Å². The molecule has 17 rings (SSSR count). The molecule has 2 aliphatic heterocycles. The van der Waals surface area contributed by atoms with Crippen molar-refractivity contribution in [2.45, 2.75) is 193 Å². The number of nitrogens with one attached hydrogen (secondary N) is 5. The number of methoxy groups -OCH3 is 2. The number of benzene rings is 6. The van der Waals surface area contributed by atoms with Gasteiger partial charge >= 0.3 is 41.4 Å². The highest BCUT2D eigenvalue weighted by molar-refractivity contribution is 7.82. The summed E-state index contributed by atoms with van der Waals surface area (Å²) in [5.74, 6) is 3.33. The lowest BCUT2D eigenvalue weighted by Crippen LogP contribution is -2.42. The van der Waals surface area contributed by atoms with Gasteiger partial charge in [0.25, 0.3) is 17.3 Å². The van der Waals surface area contributed by atoms with Gasteiger partial charge in [0, 0.05) is 41.0 Å². The number of H-pyrrole nitrogens is 3. The standard InChI is InChI=1S/C36H42N6O8S.C28H33N5O5.C24H27ClN4O3.C20H23Cl2NO3.3H2/c1-20-8-9-22(3)28(18-20)50-51(45)40-25-10-11-27(46-7)26(19-25)32-38-33-29(35(43)48-31-23(4)16-21(2)17-24(31)5)30(37-6)34(42(33)39-32)49-36(44)41-12-14-47-15-13-41;1-16-6-8-20(9-7-16)24-30-25-21(27(34)37-23-18(3)14-17(2)15-19(23)4)22(29-5)26(33(25)31-24)38-28(35)32-10-12-36-13-11-32;1-12-7-8-16(17(11-12)31-6)22-27-23-18(19(26-5)21(25)29(23)28-22)24(30)32-20-14(3)9-13(2)10-15(20)4;1-5-13-14(21)10-15(19(24)18(13)22)23-20(25)16(6-2)26-17-8-7-11(3)9-12(17)4;;;/h8-11,18-19,21,23-24,31,40H,12-17H2,1-5,7H3,(H,38,39);6-9,17-19,23H,10-15H2,1-4H3,(H,30,31);7-8,11,13-15,20H,9-10H2,1-4,6H3,(H,27,28);7-10,16,24H,5-6H2,1-4H3,(H,23,25);3*1H. The van der Waals surface area contributed by atoms with Crippen LogP contribution < -0.4 is 37.9 Å². The maximum atomic E-state index is 14.0. The molecule has 0 radical (unpaired) electrons. The van der Waals surface area contributed by atoms with Gasteiger partial charge in [0.05, 0.1) is 87.9 Å². The maximum Gasteiger partial charge on any atom is 0.415 e. The Morgan fingerprint density at radius 1 is 0.510 bits per heavy atom. The van der Waals surface area contributed by atoms with Crippen molar-refractivity contribution in [2.24, 2.45) is 53.3 Å². The van der Waals surface area contributed by atoms with E-state index in [2.05, 4.69) is 112 Å². The van der Waals surface area contributed by atoms with Gasteiger partial charge in [0.15, 0.2) is 46.3 Å². The normalized spacial score (nSPS) is 20.6. The van der Waals surface area contributed by atoms with Gasteiger partial charge in [-0.15, -0.1) is 0 Å². The number of aromatic amines is 3. The van der Waals surface area contributed by atoms with Crippen molar-refractivity contribution in [3.63, 3.8) is 0 Å². The number of phenols is 1. The molecule has 147 heavy (non-hydrogen) atoms. The fourth-order valence-electron chi connectivity index (χ4n) is 20.3. The quantitative estimate of drug-likeness (QED) is 0.0150. The highest BCUT2D eigenvalue weighted by Crippen LogP contribution is 2.48. The number of carbonyl (C=O) groups is 6. The summed E-state index contributed by atoms with van der Waals surface area (Å²) in [6, 6.07) is 31.4. The van der Waals surface area contributed by atoms with Crippen LogP contribution in [0.25, 0.3) is 65.6 Å². The van der Waals surface area contributed by atoms with Crippen molar-refractivity contribution >= 4 is 127 Å². The number of esters is 3. The molecule has 0 spiro atoms. The third-order valence-electron chi connectivity index (χ3n) is 27.4. The van der Waals surface area contributed by atoms with Crippen LogP contribution in [-0.2, 0) is 46.2 Å². The number of aromatic hydroxyl groups is 1. The second-order valence-electron chi connectivity index (χ2n) is 39.1. The molecule has 2 saturated heterocycles. The van der Waals surface area contributed by atoms with Crippen molar-refractivity contribution in [3.05, 3.63) is 208 Å². The van der Waals surface area contributed by atoms with Gasteiger partial charge in [-0.25, -0.2) is 67.0 Å². The van der Waals surface area contributed by atoms with Crippen LogP contribution in [0, 0.1) is 115 Å². The Morgan fingerprint density at radius 3 is 1.40 bits per heavy atom. The van der Waals surface area contributed by atoms with Crippen molar-refractivity contribution in [2.75, 3.05) is 76.9 Å². The molecule has 6 aromatic heterocycles. The van der Waals surface area contributed by atoms with Crippen LogP contribution in [0.15, 0.2) is 103 Å². The van der Waals surface area contributed by atoms with Crippen LogP contribution in [0.4, 0.5) is 38.0 Å². The lowest BCUT2D eigenvalue weighted by molar-refractivity contribution is -0.122. The molecule has 35 nitrogen and oxygen atoms in total. The SMILES string of the molecule is CCc1c(Cl)cc(NC(=O)C(CC)Oc2ccc(C)cc2C)c(O)c1Cl.[C-]#[N+]c1c(C(=O)OC2C(C)CC(C)CC2C)c2nc(-c3cc(NS(=O)Oc4cc(C)ccc4C)ccc3OC)[nH]n2c1OC(=O)N1CCOCC1.[C-]#[N+]c1c(C(=O)OC2C(C)CC(C)CC2C)c2nc(-c3ccc(C)cc3)[nH]n2c1OC(=O)N1CCOCC1.[C-]#[N+]c1c(C(=O)OC2C(C)CC(C)CC2C)c2nc(-c3ccc(C)cc3OC)[nH]n2c1Cl.[HH].[HH].[HH]. The number of rotatable bonds is 23. The van der Waals surface area contributed by atoms with Gasteiger partial charge in [0.2, 0.25) is 17.4 Å². The van der Waals surface area contributed by atoms with E-state index in [4.69, 9.17) is 111 Å². The number of phenolic OH excluding ortho intramolecular Hbond substituents is 1. The smallest absolute Gasteiger partial charge is 0.415 e. The molecule has 5 aliphatic rings. The molecular weight excluding hydrogens is 1960 g/mol. The predicted molar refractivity (Wildman–Crippen MR) is 567 cm³/mol. The molecule has 6 aromatic carbocycles. The number of nitrogens with zero attached hydrogens (tertiary/aromatic N) is 11. The molecule has 3 aliphatic carbocycles. The van der Waals surface area contributed by atoms with Crippen molar-refractivity contribution in [1.29, 1.82) is 0 Å². The zero-order valence-electron chi connectivity index (χ0n) is 85.9. The molecule has 39 heteroatoms. The minimum atomic E-state index is -1.95. The fraction of sp³-hybridized carbons (Fsp3) is 0.444. The largest absolute Gasteiger partial charge is 0.504 e. The first-order valence-electron chi connectivity index (χ1n) is 49.3. The van der Waals surface area contributed by atoms with E-state index in [-0.39, 0.29) is 154 Å². The summed E-state index contributed by atoms with van der Waals surface area (Å²) in [6.07, 6.45) is 3.92. The number of hydrogen-bond acceptors (Lipinski definition) is 22. The van der Waals surface area contributed by atoms with E-state index in [1.165, 1.54) is 36.5 Å². The van der Waals surface area contributed by atoms with Gasteiger partial charge in [-0.2, -0.15) is 4.21 Å². The highest BCUT2D eigenvalue weighted by atomic mass is 35.5. The number of aromatic nitrogens is 9. The summed E-state index contributed by atoms with van der Waals surface area (Å²) < 4.78 is 83.1. The lowest BCUT2D eigenvalue weighted by atomic mass is 9.75. The summed E-state index contributed by atoms with van der Waals surface area (Å²) in [5, 5.41) is 22.9. The Morgan fingerprint density at radius 2 is 0.932 bits per heavy atom. The van der Waals surface area contributed by atoms with Crippen LogP contribution >= 0.6 is 34.8 Å². The summed E-state index contributed by atoms with van der Waals surface area (Å²) in [5.41, 5.74) is 9.40. The number of anilines is 2. The van der Waals surface area contributed by atoms with Crippen LogP contribution in [0.3, 0.4) is 0 Å². The lowest BCUT2D eigenvalue weighted by Gasteiger charge is -2.37. The monoisotopic (exact) mass is 2090 g/mol. The maximum absolute atomic E-state index is 14.0. The zero-order valence-corrected chi connectivity index (χ0v) is 89.0. The molecule has 784 valence electrons. The molecule has 12 aromatic rings. The van der Waals surface area contributed by atoms with Crippen molar-refractivity contribution in [1.82, 2.24) is 53.6 Å². The second kappa shape index (κ2) is 47.8. The number of fused-ring (bicyclic) bond motifs is 3. The van der Waals surface area contributed by atoms with E-state index in [0.29, 0.717) is 140 Å². The number of carbonyl (C=O) groups excluding carboxylic acids is 6. The van der Waals surface area contributed by atoms with Gasteiger partial charge in [-0.1, -0.05) is 177 Å². The first kappa shape index (κ1) is 109. The van der Waals surface area contributed by atoms with E-state index in [1.54, 1.807) is 31.4 Å². The molecule has 8 unspecified atom stereocenters. The molecule has 8 heterocycles. The highest BCUT2D eigenvalue weighted by Gasteiger charge is 2.43. The van der Waals surface area contributed by atoms with E-state index < -0.39 is 47.5 Å². The third kappa shape index (κ3) is 24.5. The van der Waals surface area contributed by atoms with Crippen molar-refractivity contribution in [3.8, 4) is 74.7 Å². The number of ether oxygens (including phenoxy) is 10. The molecule has 3 saturated carbocycles. The van der Waals surface area contributed by atoms with Crippen LogP contribution in [0.1, 0.15) is 195 Å². The fourth-order valence-corrected chi connectivity index (χ4v) is 22.0. The van der Waals surface area contributed by atoms with Crippen LogP contribution in [-0.4, -0.2) is 190 Å².